The molecule has 25 heavy (non-hydrogen) atoms. The van der Waals surface area contributed by atoms with Gasteiger partial charge in [-0.15, -0.1) is 5.10 Å². The van der Waals surface area contributed by atoms with Crippen LogP contribution in [-0.2, 0) is 32.5 Å². The van der Waals surface area contributed by atoms with Crippen LogP contribution in [0.15, 0.2) is 18.3 Å². The zero-order valence-electron chi connectivity index (χ0n) is 14.7. The Morgan fingerprint density at radius 3 is 2.72 bits per heavy atom. The number of hydrogen-bond acceptors (Lipinski definition) is 7. The van der Waals surface area contributed by atoms with Gasteiger partial charge in [-0.3, -0.25) is 9.69 Å². The van der Waals surface area contributed by atoms with E-state index in [0.717, 1.165) is 5.69 Å². The Kier molecular flexibility index (Phi) is 7.27. The molecular formula is C16H26N4O4S. The summed E-state index contributed by atoms with van der Waals surface area (Å²) in [6, 6.07) is 0. The third kappa shape index (κ3) is 7.05. The van der Waals surface area contributed by atoms with Crippen molar-refractivity contribution in [1.82, 2.24) is 19.9 Å². The first kappa shape index (κ1) is 19.7. The second-order valence-electron chi connectivity index (χ2n) is 6.32. The van der Waals surface area contributed by atoms with E-state index >= 15 is 0 Å². The maximum atomic E-state index is 11.4. The summed E-state index contributed by atoms with van der Waals surface area (Å²) in [4.78, 5) is 13.5. The van der Waals surface area contributed by atoms with Crippen molar-refractivity contribution < 1.29 is 17.9 Å². The maximum absolute atomic E-state index is 11.4. The highest BCUT2D eigenvalue weighted by atomic mass is 32.2. The van der Waals surface area contributed by atoms with E-state index in [1.54, 1.807) is 11.6 Å². The van der Waals surface area contributed by atoms with Gasteiger partial charge in [-0.2, -0.15) is 0 Å². The molecule has 2 heterocycles. The average molecular weight is 370 g/mol. The fourth-order valence-corrected chi connectivity index (χ4v) is 3.74. The number of nitrogens with zero attached hydrogens (tertiary/aromatic N) is 4. The second kappa shape index (κ2) is 9.21. The third-order valence-corrected chi connectivity index (χ3v) is 5.65. The van der Waals surface area contributed by atoms with E-state index in [9.17, 15) is 13.2 Å². The van der Waals surface area contributed by atoms with Crippen molar-refractivity contribution in [3.8, 4) is 0 Å². The van der Waals surface area contributed by atoms with Crippen LogP contribution in [0.4, 0.5) is 0 Å². The van der Waals surface area contributed by atoms with Crippen LogP contribution in [0.5, 0.6) is 0 Å². The molecule has 1 aliphatic heterocycles. The fraction of sp³-hybridized carbons (Fsp3) is 0.688. The molecule has 0 bridgehead atoms. The summed E-state index contributed by atoms with van der Waals surface area (Å²) in [5.74, 6) is 0.501. The minimum Gasteiger partial charge on any atom is -0.380 e. The van der Waals surface area contributed by atoms with Crippen LogP contribution < -0.4 is 0 Å². The van der Waals surface area contributed by atoms with Gasteiger partial charge >= 0.3 is 0 Å². The Labute approximate surface area is 148 Å². The number of carbonyl (C=O) groups excluding carboxylic acids is 1. The monoisotopic (exact) mass is 370 g/mol. The SMILES string of the molecule is C=C(C)C(=O)CCCOCCn1cc(CN2CCS(=O)(=O)CC2)nn1. The summed E-state index contributed by atoms with van der Waals surface area (Å²) in [6.07, 6.45) is 3.01. The van der Waals surface area contributed by atoms with E-state index in [-0.39, 0.29) is 17.3 Å². The van der Waals surface area contributed by atoms with E-state index in [1.165, 1.54) is 0 Å². The smallest absolute Gasteiger partial charge is 0.158 e. The van der Waals surface area contributed by atoms with Crippen molar-refractivity contribution >= 4 is 15.6 Å². The lowest BCUT2D eigenvalue weighted by Crippen LogP contribution is -2.39. The molecule has 9 heteroatoms. The highest BCUT2D eigenvalue weighted by Crippen LogP contribution is 2.07. The van der Waals surface area contributed by atoms with Gasteiger partial charge < -0.3 is 4.74 Å². The van der Waals surface area contributed by atoms with E-state index in [4.69, 9.17) is 4.74 Å². The molecular weight excluding hydrogens is 344 g/mol. The van der Waals surface area contributed by atoms with Crippen LogP contribution in [0.3, 0.4) is 0 Å². The van der Waals surface area contributed by atoms with Gasteiger partial charge in [0.2, 0.25) is 0 Å². The molecule has 0 amide bonds. The van der Waals surface area contributed by atoms with Crippen molar-refractivity contribution in [2.75, 3.05) is 37.8 Å². The Balaban J connectivity index is 1.61. The summed E-state index contributed by atoms with van der Waals surface area (Å²) in [7, 11) is -2.86. The molecule has 1 aromatic rings. The van der Waals surface area contributed by atoms with E-state index in [2.05, 4.69) is 21.8 Å². The minimum atomic E-state index is -2.86. The quantitative estimate of drug-likeness (QED) is 0.436. The number of sulfone groups is 1. The number of ketones is 1. The summed E-state index contributed by atoms with van der Waals surface area (Å²) in [5.41, 5.74) is 1.41. The lowest BCUT2D eigenvalue weighted by Gasteiger charge is -2.25. The second-order valence-corrected chi connectivity index (χ2v) is 8.62. The van der Waals surface area contributed by atoms with Crippen molar-refractivity contribution in [3.05, 3.63) is 24.0 Å². The largest absolute Gasteiger partial charge is 0.380 e. The lowest BCUT2D eigenvalue weighted by atomic mass is 10.1. The Hall–Kier alpha value is -1.58. The zero-order chi connectivity index (χ0) is 18.3. The van der Waals surface area contributed by atoms with Crippen LogP contribution in [0.2, 0.25) is 0 Å². The molecule has 0 spiro atoms. The number of allylic oxidation sites excluding steroid dienone is 1. The molecule has 0 radical (unpaired) electrons. The number of Topliss-reactive ketones (excluding diaryl/α,β-unsaturated/α-hetero) is 1. The Bertz CT molecular complexity index is 685. The van der Waals surface area contributed by atoms with E-state index in [1.807, 2.05) is 6.20 Å². The van der Waals surface area contributed by atoms with Gasteiger partial charge in [0.25, 0.3) is 0 Å². The van der Waals surface area contributed by atoms with Crippen molar-refractivity contribution in [3.63, 3.8) is 0 Å². The van der Waals surface area contributed by atoms with Crippen molar-refractivity contribution in [2.24, 2.45) is 0 Å². The predicted molar refractivity (Wildman–Crippen MR) is 93.8 cm³/mol. The van der Waals surface area contributed by atoms with Gasteiger partial charge in [-0.1, -0.05) is 11.8 Å². The molecule has 2 rings (SSSR count). The van der Waals surface area contributed by atoms with Crippen LogP contribution >= 0.6 is 0 Å². The standard InChI is InChI=1S/C16H26N4O4S/c1-14(2)16(21)4-3-8-24-9-5-20-13-15(17-18-20)12-19-6-10-25(22,23)11-7-19/h13H,1,3-12H2,2H3. The van der Waals surface area contributed by atoms with Crippen LogP contribution in [0.1, 0.15) is 25.5 Å². The first-order chi connectivity index (χ1) is 11.9. The summed E-state index contributed by atoms with van der Waals surface area (Å²) in [5, 5.41) is 8.17. The molecule has 0 aliphatic carbocycles. The molecule has 0 aromatic carbocycles. The van der Waals surface area contributed by atoms with Gasteiger partial charge in [0.05, 0.1) is 30.4 Å². The van der Waals surface area contributed by atoms with Gasteiger partial charge in [0, 0.05) is 38.9 Å². The number of carbonyl (C=O) groups is 1. The zero-order valence-corrected chi connectivity index (χ0v) is 15.5. The molecule has 1 saturated heterocycles. The first-order valence-electron chi connectivity index (χ1n) is 8.44. The highest BCUT2D eigenvalue weighted by molar-refractivity contribution is 7.91. The van der Waals surface area contributed by atoms with E-state index < -0.39 is 9.84 Å². The van der Waals surface area contributed by atoms with Gasteiger partial charge in [0.1, 0.15) is 0 Å². The molecule has 140 valence electrons. The Morgan fingerprint density at radius 1 is 1.32 bits per heavy atom. The molecule has 1 aromatic heterocycles. The number of aromatic nitrogens is 3. The Morgan fingerprint density at radius 2 is 2.04 bits per heavy atom. The van der Waals surface area contributed by atoms with Gasteiger partial charge in [-0.25, -0.2) is 13.1 Å². The lowest BCUT2D eigenvalue weighted by molar-refractivity contribution is -0.115. The highest BCUT2D eigenvalue weighted by Gasteiger charge is 2.22. The number of ether oxygens (including phenoxy) is 1. The predicted octanol–water partition coefficient (Wildman–Crippen LogP) is 0.451. The molecule has 0 N–H and O–H groups in total. The number of rotatable bonds is 10. The number of hydrogen-bond donors (Lipinski definition) is 0. The molecule has 1 aliphatic rings. The van der Waals surface area contributed by atoms with E-state index in [0.29, 0.717) is 57.8 Å². The molecule has 8 nitrogen and oxygen atoms in total. The average Bonchev–Trinajstić information content (AvgIpc) is 3.00. The topological polar surface area (TPSA) is 94.4 Å². The molecule has 0 saturated carbocycles. The van der Waals surface area contributed by atoms with Crippen LogP contribution in [0, 0.1) is 0 Å². The van der Waals surface area contributed by atoms with Crippen molar-refractivity contribution in [1.29, 1.82) is 0 Å². The molecule has 1 fully saturated rings. The molecule has 0 atom stereocenters. The fourth-order valence-electron chi connectivity index (χ4n) is 2.47. The molecule has 0 unspecified atom stereocenters. The minimum absolute atomic E-state index is 0.0787. The van der Waals surface area contributed by atoms with Crippen molar-refractivity contribution in [2.45, 2.75) is 32.9 Å². The summed E-state index contributed by atoms with van der Waals surface area (Å²) in [6.45, 7) is 8.66. The first-order valence-corrected chi connectivity index (χ1v) is 10.3. The maximum Gasteiger partial charge on any atom is 0.158 e. The summed E-state index contributed by atoms with van der Waals surface area (Å²) >= 11 is 0. The normalized spacial score (nSPS) is 17.5. The van der Waals surface area contributed by atoms with Crippen LogP contribution in [-0.4, -0.2) is 71.9 Å². The third-order valence-electron chi connectivity index (χ3n) is 4.04. The van der Waals surface area contributed by atoms with Crippen LogP contribution in [0.25, 0.3) is 0 Å². The van der Waals surface area contributed by atoms with Gasteiger partial charge in [0.15, 0.2) is 15.6 Å². The van der Waals surface area contributed by atoms with Gasteiger partial charge in [-0.05, 0) is 18.9 Å². The summed E-state index contributed by atoms with van der Waals surface area (Å²) < 4.78 is 30.1.